The maximum absolute atomic E-state index is 13.5. The van der Waals surface area contributed by atoms with Gasteiger partial charge in [-0.15, -0.1) is 0 Å². The van der Waals surface area contributed by atoms with Gasteiger partial charge in [0.1, 0.15) is 11.6 Å². The molecule has 0 unspecified atom stereocenters. The Kier molecular flexibility index (Phi) is 4.93. The molecule has 0 aromatic heterocycles. The molecule has 0 bridgehead atoms. The van der Waals surface area contributed by atoms with Gasteiger partial charge >= 0.3 is 0 Å². The standard InChI is InChI=1S/C21H23F2N3O/c22-17-5-1-15(2-6-17)20(16-3-7-18(23)8-4-16)26-12-10-21(14-26)13-24-11-9-19(21)25-27/h1-8,20,24,27H,9-14H2/t21-/m1/s1. The van der Waals surface area contributed by atoms with Gasteiger partial charge in [0.15, 0.2) is 0 Å². The molecule has 2 heterocycles. The number of oxime groups is 1. The number of likely N-dealkylation sites (tertiary alicyclic amines) is 1. The summed E-state index contributed by atoms with van der Waals surface area (Å²) >= 11 is 0. The summed E-state index contributed by atoms with van der Waals surface area (Å²) < 4.78 is 26.9. The van der Waals surface area contributed by atoms with Crippen LogP contribution in [0.3, 0.4) is 0 Å². The van der Waals surface area contributed by atoms with Gasteiger partial charge in [0.2, 0.25) is 0 Å². The molecule has 4 nitrogen and oxygen atoms in total. The molecule has 2 N–H and O–H groups in total. The smallest absolute Gasteiger partial charge is 0.123 e. The van der Waals surface area contributed by atoms with Gasteiger partial charge in [-0.25, -0.2) is 8.78 Å². The Morgan fingerprint density at radius 1 is 1.00 bits per heavy atom. The molecule has 2 aliphatic heterocycles. The summed E-state index contributed by atoms with van der Waals surface area (Å²) in [5, 5.41) is 16.5. The van der Waals surface area contributed by atoms with Crippen molar-refractivity contribution in [1.82, 2.24) is 10.2 Å². The number of hydrogen-bond donors (Lipinski definition) is 2. The van der Waals surface area contributed by atoms with Gasteiger partial charge in [-0.2, -0.15) is 0 Å². The van der Waals surface area contributed by atoms with Crippen molar-refractivity contribution < 1.29 is 14.0 Å². The third-order valence-electron chi connectivity index (χ3n) is 5.85. The number of piperidine rings is 1. The fraction of sp³-hybridized carbons (Fsp3) is 0.381. The van der Waals surface area contributed by atoms with Crippen molar-refractivity contribution >= 4 is 5.71 Å². The summed E-state index contributed by atoms with van der Waals surface area (Å²) in [5.74, 6) is -0.554. The highest BCUT2D eigenvalue weighted by Crippen LogP contribution is 2.41. The van der Waals surface area contributed by atoms with E-state index in [2.05, 4.69) is 15.4 Å². The average Bonchev–Trinajstić information content (AvgIpc) is 3.09. The molecule has 0 radical (unpaired) electrons. The minimum absolute atomic E-state index is 0.104. The van der Waals surface area contributed by atoms with E-state index in [4.69, 9.17) is 0 Å². The predicted octanol–water partition coefficient (Wildman–Crippen LogP) is 3.57. The summed E-state index contributed by atoms with van der Waals surface area (Å²) in [5.41, 5.74) is 2.59. The molecule has 2 aromatic carbocycles. The minimum Gasteiger partial charge on any atom is -0.411 e. The molecule has 6 heteroatoms. The Bertz CT molecular complexity index is 777. The molecule has 142 valence electrons. The van der Waals surface area contributed by atoms with Crippen LogP contribution in [0.1, 0.15) is 30.0 Å². The van der Waals surface area contributed by atoms with Gasteiger partial charge in [-0.3, -0.25) is 4.90 Å². The van der Waals surface area contributed by atoms with E-state index in [9.17, 15) is 14.0 Å². The lowest BCUT2D eigenvalue weighted by atomic mass is 9.78. The van der Waals surface area contributed by atoms with Crippen molar-refractivity contribution in [2.75, 3.05) is 26.2 Å². The number of benzene rings is 2. The van der Waals surface area contributed by atoms with Crippen molar-refractivity contribution in [3.8, 4) is 0 Å². The lowest BCUT2D eigenvalue weighted by Gasteiger charge is -2.36. The molecule has 0 saturated carbocycles. The third kappa shape index (κ3) is 3.47. The lowest BCUT2D eigenvalue weighted by molar-refractivity contribution is 0.242. The van der Waals surface area contributed by atoms with E-state index in [0.717, 1.165) is 55.9 Å². The second kappa shape index (κ2) is 7.37. The highest BCUT2D eigenvalue weighted by Gasteiger charge is 2.46. The fourth-order valence-corrected chi connectivity index (χ4v) is 4.47. The molecule has 0 amide bonds. The predicted molar refractivity (Wildman–Crippen MR) is 100.0 cm³/mol. The monoisotopic (exact) mass is 371 g/mol. The Hall–Kier alpha value is -2.31. The maximum Gasteiger partial charge on any atom is 0.123 e. The summed E-state index contributed by atoms with van der Waals surface area (Å²) in [6.45, 7) is 3.15. The van der Waals surface area contributed by atoms with E-state index in [1.807, 2.05) is 0 Å². The van der Waals surface area contributed by atoms with E-state index in [-0.39, 0.29) is 23.1 Å². The van der Waals surface area contributed by atoms with Crippen molar-refractivity contribution in [3.63, 3.8) is 0 Å². The zero-order valence-corrected chi connectivity index (χ0v) is 15.0. The quantitative estimate of drug-likeness (QED) is 0.641. The summed E-state index contributed by atoms with van der Waals surface area (Å²) in [7, 11) is 0. The number of hydrogen-bond acceptors (Lipinski definition) is 4. The molecule has 0 aliphatic carbocycles. The van der Waals surface area contributed by atoms with Gasteiger partial charge in [0.05, 0.1) is 11.8 Å². The SMILES string of the molecule is ON=C1CCNC[C@@]12CCN(C(c1ccc(F)cc1)c1ccc(F)cc1)C2. The van der Waals surface area contributed by atoms with Crippen LogP contribution in [-0.4, -0.2) is 42.0 Å². The zero-order valence-electron chi connectivity index (χ0n) is 15.0. The molecule has 1 atom stereocenters. The van der Waals surface area contributed by atoms with Crippen LogP contribution in [0, 0.1) is 17.0 Å². The molecule has 2 saturated heterocycles. The first-order valence-electron chi connectivity index (χ1n) is 9.28. The van der Waals surface area contributed by atoms with Crippen LogP contribution in [0.25, 0.3) is 0 Å². The number of nitrogens with one attached hydrogen (secondary N) is 1. The highest BCUT2D eigenvalue weighted by molar-refractivity contribution is 5.91. The van der Waals surface area contributed by atoms with Gasteiger partial charge < -0.3 is 10.5 Å². The first kappa shape index (κ1) is 18.1. The molecule has 4 rings (SSSR count). The van der Waals surface area contributed by atoms with Crippen LogP contribution >= 0.6 is 0 Å². The van der Waals surface area contributed by atoms with Gasteiger partial charge in [-0.05, 0) is 41.8 Å². The number of rotatable bonds is 3. The minimum atomic E-state index is -0.277. The van der Waals surface area contributed by atoms with Crippen LogP contribution in [0.2, 0.25) is 0 Å². The van der Waals surface area contributed by atoms with Gasteiger partial charge in [0, 0.05) is 38.0 Å². The Morgan fingerprint density at radius 3 is 2.15 bits per heavy atom. The Morgan fingerprint density at radius 2 is 1.59 bits per heavy atom. The van der Waals surface area contributed by atoms with Crippen LogP contribution in [-0.2, 0) is 0 Å². The summed E-state index contributed by atoms with van der Waals surface area (Å²) in [6, 6.07) is 12.9. The molecule has 2 aliphatic rings. The Labute approximate surface area is 157 Å². The lowest BCUT2D eigenvalue weighted by Crippen LogP contribution is -2.49. The summed E-state index contributed by atoms with van der Waals surface area (Å²) in [6.07, 6.45) is 1.63. The first-order chi connectivity index (χ1) is 13.1. The fourth-order valence-electron chi connectivity index (χ4n) is 4.47. The Balaban J connectivity index is 1.69. The first-order valence-corrected chi connectivity index (χ1v) is 9.28. The van der Waals surface area contributed by atoms with Crippen molar-refractivity contribution in [2.24, 2.45) is 10.6 Å². The number of nitrogens with zero attached hydrogens (tertiary/aromatic N) is 2. The van der Waals surface area contributed by atoms with E-state index >= 15 is 0 Å². The van der Waals surface area contributed by atoms with E-state index in [1.165, 1.54) is 24.3 Å². The van der Waals surface area contributed by atoms with Crippen LogP contribution < -0.4 is 5.32 Å². The topological polar surface area (TPSA) is 47.9 Å². The molecule has 1 spiro atoms. The van der Waals surface area contributed by atoms with Crippen molar-refractivity contribution in [1.29, 1.82) is 0 Å². The molecular weight excluding hydrogens is 348 g/mol. The highest BCUT2D eigenvalue weighted by atomic mass is 19.1. The molecular formula is C21H23F2N3O. The van der Waals surface area contributed by atoms with E-state index in [0.29, 0.717) is 0 Å². The van der Waals surface area contributed by atoms with Gasteiger partial charge in [0.25, 0.3) is 0 Å². The largest absolute Gasteiger partial charge is 0.411 e. The second-order valence-corrected chi connectivity index (χ2v) is 7.48. The van der Waals surface area contributed by atoms with E-state index in [1.54, 1.807) is 24.3 Å². The van der Waals surface area contributed by atoms with Crippen molar-refractivity contribution in [3.05, 3.63) is 71.3 Å². The van der Waals surface area contributed by atoms with Gasteiger partial charge in [-0.1, -0.05) is 29.4 Å². The summed E-state index contributed by atoms with van der Waals surface area (Å²) in [4.78, 5) is 2.32. The average molecular weight is 371 g/mol. The zero-order chi connectivity index (χ0) is 18.9. The number of halogens is 2. The van der Waals surface area contributed by atoms with Crippen LogP contribution in [0.4, 0.5) is 8.78 Å². The van der Waals surface area contributed by atoms with E-state index < -0.39 is 0 Å². The normalized spacial score (nSPS) is 24.9. The van der Waals surface area contributed by atoms with Crippen LogP contribution in [0.5, 0.6) is 0 Å². The molecule has 2 fully saturated rings. The maximum atomic E-state index is 13.5. The third-order valence-corrected chi connectivity index (χ3v) is 5.85. The van der Waals surface area contributed by atoms with Crippen molar-refractivity contribution in [2.45, 2.75) is 18.9 Å². The second-order valence-electron chi connectivity index (χ2n) is 7.48. The molecule has 2 aromatic rings. The van der Waals surface area contributed by atoms with Crippen LogP contribution in [0.15, 0.2) is 53.7 Å². The molecule has 27 heavy (non-hydrogen) atoms.